The molecule has 1 aromatic rings. The Morgan fingerprint density at radius 1 is 1.21 bits per heavy atom. The standard InChI is InChI=1S/C9H15N2O13P3S2/c12-5-1-2-11(9(15)10-5)8-7(14)6(13)4(22-8)3-21-27(28,29)24-26(19,20)23-25(16,17)18/h1-2,4,6-8,13-14H,3H2,(H,19,20)(H,28,29)(H,10,12,15)(H2,16,17,18)/t4-,6-,7-,8-/m1/s1. The number of aliphatic hydroxyl groups excluding tert-OH is 2. The zero-order valence-corrected chi connectivity index (χ0v) is 18.2. The molecule has 0 spiro atoms. The Hall–Kier alpha value is -0.220. The molecule has 2 rings (SSSR count). The smallest absolute Gasteiger partial charge is 0.387 e. The first-order chi connectivity index (χ1) is 13.1. The van der Waals surface area contributed by atoms with Crippen molar-refractivity contribution in [1.29, 1.82) is 0 Å². The lowest BCUT2D eigenvalue weighted by Crippen LogP contribution is -2.37. The van der Waals surface area contributed by atoms with Crippen LogP contribution in [0.1, 0.15) is 6.23 Å². The molecular formula is C9H15N2O13P3S2. The van der Waals surface area contributed by atoms with Gasteiger partial charge in [-0.05, 0) is 11.8 Å². The molecule has 6 atom stereocenters. The summed E-state index contributed by atoms with van der Waals surface area (Å²) in [5.74, 6) is 0. The molecule has 2 heterocycles. The van der Waals surface area contributed by atoms with Gasteiger partial charge in [-0.15, -0.1) is 0 Å². The molecule has 2 unspecified atom stereocenters. The van der Waals surface area contributed by atoms with E-state index in [9.17, 15) is 33.8 Å². The molecule has 0 saturated carbocycles. The van der Waals surface area contributed by atoms with E-state index in [1.54, 1.807) is 0 Å². The second-order valence-electron chi connectivity index (χ2n) is 5.45. The number of aliphatic hydroxyl groups is 2. The first kappa shape index (κ1) is 25.0. The van der Waals surface area contributed by atoms with Crippen LogP contribution in [-0.2, 0) is 38.8 Å². The number of rotatable bonds is 8. The third-order valence-electron chi connectivity index (χ3n) is 3.28. The van der Waals surface area contributed by atoms with Crippen LogP contribution in [0.2, 0.25) is 0 Å². The monoisotopic (exact) mass is 516 g/mol. The molecule has 166 valence electrons. The van der Waals surface area contributed by atoms with Gasteiger partial charge in [0, 0.05) is 12.3 Å². The van der Waals surface area contributed by atoms with Gasteiger partial charge in [-0.3, -0.25) is 14.3 Å². The Labute approximate surface area is 171 Å². The highest BCUT2D eigenvalue weighted by Gasteiger charge is 2.45. The summed E-state index contributed by atoms with van der Waals surface area (Å²) in [7, 11) is -10.7. The molecule has 20 heteroatoms. The lowest BCUT2D eigenvalue weighted by Gasteiger charge is -2.22. The summed E-state index contributed by atoms with van der Waals surface area (Å²) < 4.78 is 41.2. The van der Waals surface area contributed by atoms with E-state index in [-0.39, 0.29) is 0 Å². The first-order valence-corrected chi connectivity index (χ1v) is 14.0. The second-order valence-corrected chi connectivity index (χ2v) is 13.7. The van der Waals surface area contributed by atoms with Crippen molar-refractivity contribution >= 4 is 45.4 Å². The van der Waals surface area contributed by atoms with Gasteiger partial charge >= 0.3 is 21.3 Å². The molecule has 0 radical (unpaired) electrons. The highest BCUT2D eigenvalue weighted by Crippen LogP contribution is 2.69. The summed E-state index contributed by atoms with van der Waals surface area (Å²) in [5, 5.41) is 20.1. The first-order valence-electron chi connectivity index (χ1n) is 7.22. The highest BCUT2D eigenvalue weighted by atomic mass is 32.9. The van der Waals surface area contributed by atoms with Gasteiger partial charge in [-0.1, -0.05) is 12.2 Å². The van der Waals surface area contributed by atoms with Crippen molar-refractivity contribution in [2.45, 2.75) is 24.5 Å². The number of aromatic amines is 1. The molecule has 29 heavy (non-hydrogen) atoms. The number of nitrogens with zero attached hydrogens (tertiary/aromatic N) is 1. The van der Waals surface area contributed by atoms with Crippen LogP contribution in [0.4, 0.5) is 0 Å². The maximum Gasteiger partial charge on any atom is 0.487 e. The van der Waals surface area contributed by atoms with Crippen LogP contribution in [0.15, 0.2) is 21.9 Å². The van der Waals surface area contributed by atoms with Gasteiger partial charge in [0.25, 0.3) is 11.3 Å². The molecule has 0 amide bonds. The zero-order chi connectivity index (χ0) is 22.2. The fraction of sp³-hybridized carbons (Fsp3) is 0.556. The van der Waals surface area contributed by atoms with Crippen molar-refractivity contribution in [2.75, 3.05) is 6.61 Å². The lowest BCUT2D eigenvalue weighted by atomic mass is 10.1. The van der Waals surface area contributed by atoms with Gasteiger partial charge in [0.2, 0.25) is 0 Å². The largest absolute Gasteiger partial charge is 0.487 e. The van der Waals surface area contributed by atoms with E-state index < -0.39 is 63.7 Å². The molecule has 15 nitrogen and oxygen atoms in total. The Morgan fingerprint density at radius 2 is 1.83 bits per heavy atom. The fourth-order valence-electron chi connectivity index (χ4n) is 2.20. The minimum atomic E-state index is -5.39. The van der Waals surface area contributed by atoms with Gasteiger partial charge in [0.1, 0.15) is 18.3 Å². The van der Waals surface area contributed by atoms with Crippen LogP contribution in [0.5, 0.6) is 0 Å². The Morgan fingerprint density at radius 3 is 2.38 bits per heavy atom. The van der Waals surface area contributed by atoms with Crippen LogP contribution < -0.4 is 11.2 Å². The third kappa shape index (κ3) is 7.16. The number of hydrogen-bond acceptors (Lipinski definition) is 11. The average Bonchev–Trinajstić information content (AvgIpc) is 2.78. The predicted molar refractivity (Wildman–Crippen MR) is 101 cm³/mol. The minimum absolute atomic E-state index is 0.663. The number of hydrogen-bond donors (Lipinski definition) is 7. The Kier molecular flexibility index (Phi) is 7.86. The van der Waals surface area contributed by atoms with E-state index in [0.29, 0.717) is 0 Å². The Balaban J connectivity index is 2.06. The maximum absolute atomic E-state index is 11.8. The number of H-pyrrole nitrogens is 1. The summed E-state index contributed by atoms with van der Waals surface area (Å²) in [6, 6.07) is 0.981. The lowest BCUT2D eigenvalue weighted by molar-refractivity contribution is -0.0510. The summed E-state index contributed by atoms with van der Waals surface area (Å²) in [5.41, 5.74) is -5.57. The van der Waals surface area contributed by atoms with Crippen molar-refractivity contribution in [2.24, 2.45) is 0 Å². The van der Waals surface area contributed by atoms with E-state index in [4.69, 9.17) is 30.9 Å². The van der Waals surface area contributed by atoms with Crippen LogP contribution >= 0.6 is 33.6 Å². The number of thiol groups is 1. The van der Waals surface area contributed by atoms with Crippen molar-refractivity contribution in [3.05, 3.63) is 33.1 Å². The van der Waals surface area contributed by atoms with Crippen molar-refractivity contribution in [3.8, 4) is 0 Å². The quantitative estimate of drug-likeness (QED) is 0.155. The van der Waals surface area contributed by atoms with Gasteiger partial charge in [-0.2, -0.15) is 4.31 Å². The SMILES string of the molecule is O=c1ccn([C@@H]2O[C@H](COP(=S)(S)OP(=O)(O)OP(=O)(O)O)[C@@H](O)[C@H]2O)c(=O)[nH]1. The topological polar surface area (TPSA) is 227 Å². The van der Waals surface area contributed by atoms with Gasteiger partial charge in [0.15, 0.2) is 6.23 Å². The third-order valence-corrected chi connectivity index (χ3v) is 9.00. The molecule has 0 aliphatic carbocycles. The average molecular weight is 516 g/mol. The van der Waals surface area contributed by atoms with E-state index in [1.165, 1.54) is 0 Å². The highest BCUT2D eigenvalue weighted by molar-refractivity contribution is 8.60. The van der Waals surface area contributed by atoms with Gasteiger partial charge in [0.05, 0.1) is 6.61 Å². The normalized spacial score (nSPS) is 29.3. The van der Waals surface area contributed by atoms with Gasteiger partial charge < -0.3 is 34.2 Å². The van der Waals surface area contributed by atoms with Crippen LogP contribution in [-0.4, -0.2) is 59.4 Å². The van der Waals surface area contributed by atoms with E-state index in [0.717, 1.165) is 16.8 Å². The molecular weight excluding hydrogens is 501 g/mol. The summed E-state index contributed by atoms with van der Waals surface area (Å²) >= 11 is 8.41. The fourth-order valence-corrected chi connectivity index (χ4v) is 7.20. The molecule has 1 fully saturated rings. The number of phosphoric acid groups is 2. The van der Waals surface area contributed by atoms with Crippen molar-refractivity contribution in [1.82, 2.24) is 9.55 Å². The van der Waals surface area contributed by atoms with Crippen LogP contribution in [0.25, 0.3) is 0 Å². The molecule has 1 aromatic heterocycles. The number of aromatic nitrogens is 2. The van der Waals surface area contributed by atoms with E-state index in [1.807, 2.05) is 4.98 Å². The van der Waals surface area contributed by atoms with Crippen molar-refractivity contribution < 1.29 is 51.9 Å². The van der Waals surface area contributed by atoms with Crippen LogP contribution in [0.3, 0.4) is 0 Å². The minimum Gasteiger partial charge on any atom is -0.387 e. The summed E-state index contributed by atoms with van der Waals surface area (Å²) in [6.07, 6.45) is -4.96. The predicted octanol–water partition coefficient (Wildman–Crippen LogP) is -1.45. The van der Waals surface area contributed by atoms with Crippen molar-refractivity contribution in [3.63, 3.8) is 0 Å². The van der Waals surface area contributed by atoms with Crippen LogP contribution in [0, 0.1) is 0 Å². The number of nitrogens with one attached hydrogen (secondary N) is 1. The Bertz CT molecular complexity index is 1010. The summed E-state index contributed by atoms with van der Waals surface area (Å²) in [4.78, 5) is 51.2. The molecule has 1 saturated heterocycles. The second kappa shape index (κ2) is 9.10. The zero-order valence-electron chi connectivity index (χ0n) is 13.8. The number of ether oxygens (including phenoxy) is 1. The maximum atomic E-state index is 11.8. The van der Waals surface area contributed by atoms with Gasteiger partial charge in [-0.25, -0.2) is 18.2 Å². The molecule has 0 aromatic carbocycles. The summed E-state index contributed by atoms with van der Waals surface area (Å²) in [6.45, 7) is -0.663. The molecule has 1 aliphatic heterocycles. The molecule has 6 N–H and O–H groups in total. The molecule has 0 bridgehead atoms. The van der Waals surface area contributed by atoms with E-state index in [2.05, 4.69) is 20.9 Å². The molecule has 1 aliphatic rings. The van der Waals surface area contributed by atoms with E-state index >= 15 is 0 Å².